The molecule has 4 rings (SSSR count). The van der Waals surface area contributed by atoms with Gasteiger partial charge in [0.1, 0.15) is 11.7 Å². The van der Waals surface area contributed by atoms with Crippen molar-refractivity contribution in [2.24, 2.45) is 0 Å². The number of benzene rings is 2. The molecule has 156 valence electrons. The number of halogens is 1. The van der Waals surface area contributed by atoms with Crippen molar-refractivity contribution in [2.75, 3.05) is 6.54 Å². The summed E-state index contributed by atoms with van der Waals surface area (Å²) in [5.41, 5.74) is 1.64. The molecule has 1 aromatic heterocycles. The largest absolute Gasteiger partial charge is 0.323 e. The minimum Gasteiger partial charge on any atom is -0.323 e. The molecule has 2 heterocycles. The van der Waals surface area contributed by atoms with Crippen molar-refractivity contribution in [2.45, 2.75) is 37.9 Å². The van der Waals surface area contributed by atoms with Crippen LogP contribution in [-0.4, -0.2) is 39.8 Å². The van der Waals surface area contributed by atoms with Crippen LogP contribution in [0, 0.1) is 11.3 Å². The summed E-state index contributed by atoms with van der Waals surface area (Å²) in [6.45, 7) is 1.28. The Morgan fingerprint density at radius 3 is 2.68 bits per heavy atom. The number of hydrogen-bond acceptors (Lipinski definition) is 4. The molecule has 0 bridgehead atoms. The Bertz CT molecular complexity index is 1180. The highest BCUT2D eigenvalue weighted by Gasteiger charge is 2.43. The number of rotatable bonds is 5. The number of alkyl halides is 1. The van der Waals surface area contributed by atoms with Crippen LogP contribution >= 0.6 is 0 Å². The number of Topliss-reactive ketones (excluding diaryl/α,β-unsaturated/α-hetero) is 1. The number of nitriles is 1. The van der Waals surface area contributed by atoms with E-state index in [0.29, 0.717) is 11.1 Å². The van der Waals surface area contributed by atoms with Gasteiger partial charge in [0.25, 0.3) is 0 Å². The van der Waals surface area contributed by atoms with Gasteiger partial charge >= 0.3 is 0 Å². The monoisotopic (exact) mass is 415 g/mol. The van der Waals surface area contributed by atoms with Crippen LogP contribution in [0.4, 0.5) is 4.39 Å². The fraction of sp³-hybridized carbons (Fsp3) is 0.280. The molecule has 0 saturated carbocycles. The molecular weight excluding hydrogens is 393 g/mol. The smallest absolute Gasteiger partial charge is 0.224 e. The molecule has 0 spiro atoms. The number of aromatic nitrogens is 1. The van der Waals surface area contributed by atoms with Crippen molar-refractivity contribution >= 4 is 22.6 Å². The SMILES string of the molecule is CC1(F)C[C@@H](C#N)N(C(=O)CCC(=O)c2ccnc3ccc(-c4ccccc4)cc23)C1. The van der Waals surface area contributed by atoms with Crippen LogP contribution in [0.15, 0.2) is 60.8 Å². The van der Waals surface area contributed by atoms with Gasteiger partial charge in [0, 0.05) is 36.4 Å². The summed E-state index contributed by atoms with van der Waals surface area (Å²) in [6.07, 6.45) is 1.52. The number of pyridine rings is 1. The van der Waals surface area contributed by atoms with Crippen LogP contribution in [0.5, 0.6) is 0 Å². The summed E-state index contributed by atoms with van der Waals surface area (Å²) in [4.78, 5) is 31.2. The zero-order chi connectivity index (χ0) is 22.0. The van der Waals surface area contributed by atoms with Crippen LogP contribution in [-0.2, 0) is 4.79 Å². The number of amides is 1. The van der Waals surface area contributed by atoms with Crippen molar-refractivity contribution in [3.05, 3.63) is 66.4 Å². The zero-order valence-corrected chi connectivity index (χ0v) is 17.2. The van der Waals surface area contributed by atoms with Crippen LogP contribution in [0.3, 0.4) is 0 Å². The zero-order valence-electron chi connectivity index (χ0n) is 17.2. The van der Waals surface area contributed by atoms with Gasteiger partial charge in [0.05, 0.1) is 18.1 Å². The van der Waals surface area contributed by atoms with Crippen LogP contribution < -0.4 is 0 Å². The van der Waals surface area contributed by atoms with E-state index in [4.69, 9.17) is 0 Å². The number of nitrogens with zero attached hydrogens (tertiary/aromatic N) is 3. The van der Waals surface area contributed by atoms with E-state index in [0.717, 1.165) is 16.5 Å². The summed E-state index contributed by atoms with van der Waals surface area (Å²) >= 11 is 0. The molecule has 3 aromatic rings. The first-order valence-corrected chi connectivity index (χ1v) is 10.2. The first-order chi connectivity index (χ1) is 14.9. The maximum absolute atomic E-state index is 14.3. The van der Waals surface area contributed by atoms with Crippen molar-refractivity contribution in [1.82, 2.24) is 9.88 Å². The molecule has 1 unspecified atom stereocenters. The van der Waals surface area contributed by atoms with E-state index in [2.05, 4.69) is 4.98 Å². The molecular formula is C25H22FN3O2. The number of carbonyl (C=O) groups excluding carboxylic acids is 2. The standard InChI is InChI=1S/C25H22FN3O2/c1-25(26)14-19(15-27)29(16-25)24(31)10-9-23(30)20-11-12-28-22-8-7-18(13-21(20)22)17-5-3-2-4-6-17/h2-8,11-13,19H,9-10,14,16H2,1H3/t19-,25?/m0/s1. The van der Waals surface area contributed by atoms with Crippen molar-refractivity contribution < 1.29 is 14.0 Å². The van der Waals surface area contributed by atoms with E-state index in [1.807, 2.05) is 54.6 Å². The van der Waals surface area contributed by atoms with Crippen LogP contribution in [0.1, 0.15) is 36.5 Å². The summed E-state index contributed by atoms with van der Waals surface area (Å²) in [5.74, 6) is -0.550. The minimum atomic E-state index is -1.57. The van der Waals surface area contributed by atoms with E-state index >= 15 is 0 Å². The Kier molecular flexibility index (Phi) is 5.51. The average molecular weight is 415 g/mol. The van der Waals surface area contributed by atoms with Gasteiger partial charge in [0.15, 0.2) is 5.78 Å². The van der Waals surface area contributed by atoms with E-state index in [9.17, 15) is 19.2 Å². The second-order valence-electron chi connectivity index (χ2n) is 8.16. The average Bonchev–Trinajstić information content (AvgIpc) is 3.11. The molecule has 0 aliphatic carbocycles. The Labute approximate surface area is 180 Å². The van der Waals surface area contributed by atoms with E-state index in [1.54, 1.807) is 12.3 Å². The topological polar surface area (TPSA) is 74.1 Å². The summed E-state index contributed by atoms with van der Waals surface area (Å²) in [5, 5.41) is 9.96. The summed E-state index contributed by atoms with van der Waals surface area (Å²) in [7, 11) is 0. The highest BCUT2D eigenvalue weighted by atomic mass is 19.1. The van der Waals surface area contributed by atoms with Gasteiger partial charge < -0.3 is 4.90 Å². The Balaban J connectivity index is 1.54. The van der Waals surface area contributed by atoms with Gasteiger partial charge in [0.2, 0.25) is 5.91 Å². The van der Waals surface area contributed by atoms with E-state index in [-0.39, 0.29) is 37.5 Å². The molecule has 0 N–H and O–H groups in total. The predicted octanol–water partition coefficient (Wildman–Crippen LogP) is 4.72. The minimum absolute atomic E-state index is 0.000438. The molecule has 1 aliphatic rings. The normalized spacial score (nSPS) is 20.5. The number of likely N-dealkylation sites (tertiary alicyclic amines) is 1. The maximum Gasteiger partial charge on any atom is 0.224 e. The lowest BCUT2D eigenvalue weighted by molar-refractivity contribution is -0.131. The third kappa shape index (κ3) is 4.31. The molecule has 6 heteroatoms. The van der Waals surface area contributed by atoms with Crippen molar-refractivity contribution in [1.29, 1.82) is 5.26 Å². The fourth-order valence-electron chi connectivity index (χ4n) is 4.12. The highest BCUT2D eigenvalue weighted by molar-refractivity contribution is 6.08. The lowest BCUT2D eigenvalue weighted by atomic mass is 9.98. The van der Waals surface area contributed by atoms with E-state index in [1.165, 1.54) is 11.8 Å². The number of fused-ring (bicyclic) bond motifs is 1. The number of carbonyl (C=O) groups is 2. The first-order valence-electron chi connectivity index (χ1n) is 10.2. The summed E-state index contributed by atoms with van der Waals surface area (Å²) in [6, 6.07) is 18.5. The molecule has 1 amide bonds. The van der Waals surface area contributed by atoms with Gasteiger partial charge in [-0.2, -0.15) is 5.26 Å². The fourth-order valence-corrected chi connectivity index (χ4v) is 4.12. The lowest BCUT2D eigenvalue weighted by Crippen LogP contribution is -2.36. The molecule has 1 fully saturated rings. The second kappa shape index (κ2) is 8.27. The molecule has 31 heavy (non-hydrogen) atoms. The molecule has 5 nitrogen and oxygen atoms in total. The maximum atomic E-state index is 14.3. The molecule has 0 radical (unpaired) electrons. The quantitative estimate of drug-likeness (QED) is 0.565. The van der Waals surface area contributed by atoms with E-state index < -0.39 is 11.7 Å². The van der Waals surface area contributed by atoms with Gasteiger partial charge in [-0.1, -0.05) is 36.4 Å². The van der Waals surface area contributed by atoms with Gasteiger partial charge in [-0.25, -0.2) is 4.39 Å². The Hall–Kier alpha value is -3.59. The highest BCUT2D eigenvalue weighted by Crippen LogP contribution is 2.31. The third-order valence-corrected chi connectivity index (χ3v) is 5.68. The predicted molar refractivity (Wildman–Crippen MR) is 116 cm³/mol. The number of ketones is 1. The summed E-state index contributed by atoms with van der Waals surface area (Å²) < 4.78 is 14.3. The Morgan fingerprint density at radius 2 is 1.94 bits per heavy atom. The molecule has 2 aromatic carbocycles. The molecule has 1 aliphatic heterocycles. The number of hydrogen-bond donors (Lipinski definition) is 0. The van der Waals surface area contributed by atoms with Crippen molar-refractivity contribution in [3.63, 3.8) is 0 Å². The van der Waals surface area contributed by atoms with Crippen LogP contribution in [0.2, 0.25) is 0 Å². The van der Waals surface area contributed by atoms with Gasteiger partial charge in [-0.05, 0) is 36.2 Å². The lowest BCUT2D eigenvalue weighted by Gasteiger charge is -2.19. The second-order valence-corrected chi connectivity index (χ2v) is 8.16. The first kappa shape index (κ1) is 20.7. The van der Waals surface area contributed by atoms with Crippen LogP contribution in [0.25, 0.3) is 22.0 Å². The third-order valence-electron chi connectivity index (χ3n) is 5.68. The molecule has 1 saturated heterocycles. The molecule has 2 atom stereocenters. The van der Waals surface area contributed by atoms with Gasteiger partial charge in [-0.15, -0.1) is 0 Å². The Morgan fingerprint density at radius 1 is 1.16 bits per heavy atom. The van der Waals surface area contributed by atoms with Gasteiger partial charge in [-0.3, -0.25) is 14.6 Å². The van der Waals surface area contributed by atoms with Crippen molar-refractivity contribution in [3.8, 4) is 17.2 Å².